The molecule has 0 aromatic heterocycles. The van der Waals surface area contributed by atoms with Gasteiger partial charge in [-0.15, -0.1) is 0 Å². The van der Waals surface area contributed by atoms with E-state index < -0.39 is 0 Å². The average molecular weight is 417 g/mol. The minimum absolute atomic E-state index is 0.0475. The molecule has 2 unspecified atom stereocenters. The van der Waals surface area contributed by atoms with Crippen LogP contribution in [0.25, 0.3) is 0 Å². The predicted octanol–water partition coefficient (Wildman–Crippen LogP) is 3.03. The van der Waals surface area contributed by atoms with E-state index >= 15 is 0 Å². The lowest BCUT2D eigenvalue weighted by atomic mass is 9.74. The molecule has 3 rings (SSSR count). The smallest absolute Gasteiger partial charge is 0.191 e. The zero-order chi connectivity index (χ0) is 21.6. The van der Waals surface area contributed by atoms with Crippen molar-refractivity contribution >= 4 is 5.96 Å². The standard InChI is InChI=1S/C24H40N4O2/c1-6-30-21-9-7-20(8-10-21)24(11-13-29-14-12-24)17-26-23(25-5)27-22-16-28(18(2)3)15-19(22)4/h7-10,18-19,22H,6,11-17H2,1-5H3,(H2,25,26,27). The SMILES string of the molecule is CCOc1ccc(C2(CNC(=NC)NC3CN(C(C)C)CC3C)CCOCC2)cc1. The fourth-order valence-electron chi connectivity index (χ4n) is 4.64. The minimum Gasteiger partial charge on any atom is -0.494 e. The maximum Gasteiger partial charge on any atom is 0.191 e. The molecule has 0 amide bonds. The first kappa shape index (κ1) is 22.9. The normalized spacial score (nSPS) is 24.8. The van der Waals surface area contributed by atoms with Gasteiger partial charge in [-0.05, 0) is 57.2 Å². The predicted molar refractivity (Wildman–Crippen MR) is 124 cm³/mol. The van der Waals surface area contributed by atoms with E-state index in [0.717, 1.165) is 57.4 Å². The lowest BCUT2D eigenvalue weighted by molar-refractivity contribution is 0.0513. The number of ether oxygens (including phenoxy) is 2. The summed E-state index contributed by atoms with van der Waals surface area (Å²) >= 11 is 0. The quantitative estimate of drug-likeness (QED) is 0.529. The molecule has 0 spiro atoms. The molecule has 2 atom stereocenters. The first-order chi connectivity index (χ1) is 14.5. The van der Waals surface area contributed by atoms with Gasteiger partial charge in [0, 0.05) is 57.4 Å². The van der Waals surface area contributed by atoms with E-state index in [2.05, 4.69) is 65.6 Å². The number of likely N-dealkylation sites (tertiary alicyclic amines) is 1. The summed E-state index contributed by atoms with van der Waals surface area (Å²) < 4.78 is 11.3. The van der Waals surface area contributed by atoms with Crippen molar-refractivity contribution in [1.29, 1.82) is 0 Å². The summed E-state index contributed by atoms with van der Waals surface area (Å²) in [7, 11) is 1.86. The molecule has 30 heavy (non-hydrogen) atoms. The maximum absolute atomic E-state index is 5.69. The fourth-order valence-corrected chi connectivity index (χ4v) is 4.64. The van der Waals surface area contributed by atoms with Gasteiger partial charge in [-0.3, -0.25) is 9.89 Å². The van der Waals surface area contributed by atoms with Crippen molar-refractivity contribution in [3.8, 4) is 5.75 Å². The van der Waals surface area contributed by atoms with Crippen molar-refractivity contribution < 1.29 is 9.47 Å². The fraction of sp³-hybridized carbons (Fsp3) is 0.708. The highest BCUT2D eigenvalue weighted by molar-refractivity contribution is 5.80. The Bertz CT molecular complexity index is 683. The van der Waals surface area contributed by atoms with Crippen molar-refractivity contribution in [1.82, 2.24) is 15.5 Å². The van der Waals surface area contributed by atoms with E-state index in [1.54, 1.807) is 0 Å². The number of aliphatic imine (C=N–C) groups is 1. The molecule has 2 N–H and O–H groups in total. The summed E-state index contributed by atoms with van der Waals surface area (Å²) in [5.41, 5.74) is 1.39. The van der Waals surface area contributed by atoms with E-state index in [-0.39, 0.29) is 5.41 Å². The van der Waals surface area contributed by atoms with Crippen LogP contribution in [0.4, 0.5) is 0 Å². The highest BCUT2D eigenvalue weighted by atomic mass is 16.5. The second-order valence-corrected chi connectivity index (χ2v) is 9.05. The van der Waals surface area contributed by atoms with Gasteiger partial charge in [-0.1, -0.05) is 19.1 Å². The van der Waals surface area contributed by atoms with Crippen LogP contribution in [0.1, 0.15) is 46.1 Å². The highest BCUT2D eigenvalue weighted by Crippen LogP contribution is 2.35. The van der Waals surface area contributed by atoms with Gasteiger partial charge in [0.2, 0.25) is 0 Å². The lowest BCUT2D eigenvalue weighted by Gasteiger charge is -2.38. The van der Waals surface area contributed by atoms with E-state index in [1.807, 2.05) is 14.0 Å². The Morgan fingerprint density at radius 1 is 1.23 bits per heavy atom. The molecule has 2 saturated heterocycles. The Labute approximate surface area is 182 Å². The molecule has 0 bridgehead atoms. The van der Waals surface area contributed by atoms with Crippen LogP contribution in [0, 0.1) is 5.92 Å². The number of hydrogen-bond acceptors (Lipinski definition) is 4. The molecule has 1 aromatic rings. The molecule has 1 aromatic carbocycles. The summed E-state index contributed by atoms with van der Waals surface area (Å²) in [4.78, 5) is 7.07. The van der Waals surface area contributed by atoms with Crippen molar-refractivity contribution in [3.05, 3.63) is 29.8 Å². The van der Waals surface area contributed by atoms with Gasteiger partial charge in [0.05, 0.1) is 6.61 Å². The molecular formula is C24H40N4O2. The Morgan fingerprint density at radius 3 is 2.50 bits per heavy atom. The first-order valence-corrected chi connectivity index (χ1v) is 11.5. The minimum atomic E-state index is 0.0475. The highest BCUT2D eigenvalue weighted by Gasteiger charge is 2.36. The number of guanidine groups is 1. The van der Waals surface area contributed by atoms with Crippen LogP contribution >= 0.6 is 0 Å². The van der Waals surface area contributed by atoms with Gasteiger partial charge in [0.15, 0.2) is 5.96 Å². The summed E-state index contributed by atoms with van der Waals surface area (Å²) in [5.74, 6) is 2.43. The average Bonchev–Trinajstić information content (AvgIpc) is 3.13. The molecule has 0 aliphatic carbocycles. The molecule has 0 radical (unpaired) electrons. The summed E-state index contributed by atoms with van der Waals surface area (Å²) in [6, 6.07) is 9.61. The molecule has 0 saturated carbocycles. The van der Waals surface area contributed by atoms with Crippen LogP contribution < -0.4 is 15.4 Å². The Hall–Kier alpha value is -1.79. The van der Waals surface area contributed by atoms with Crippen LogP contribution in [0.15, 0.2) is 29.3 Å². The molecule has 2 heterocycles. The van der Waals surface area contributed by atoms with Gasteiger partial charge >= 0.3 is 0 Å². The van der Waals surface area contributed by atoms with Crippen LogP contribution in [0.2, 0.25) is 0 Å². The van der Waals surface area contributed by atoms with E-state index in [4.69, 9.17) is 9.47 Å². The summed E-state index contributed by atoms with van der Waals surface area (Å²) in [5, 5.41) is 7.32. The monoisotopic (exact) mass is 416 g/mol. The second-order valence-electron chi connectivity index (χ2n) is 9.05. The van der Waals surface area contributed by atoms with Gasteiger partial charge in [0.25, 0.3) is 0 Å². The first-order valence-electron chi connectivity index (χ1n) is 11.5. The maximum atomic E-state index is 5.69. The Kier molecular flexibility index (Phi) is 8.00. The summed E-state index contributed by atoms with van der Waals surface area (Å²) in [6.07, 6.45) is 2.01. The molecule has 168 valence electrons. The van der Waals surface area contributed by atoms with Gasteiger partial charge in [-0.25, -0.2) is 0 Å². The van der Waals surface area contributed by atoms with Crippen LogP contribution in [-0.2, 0) is 10.2 Å². The van der Waals surface area contributed by atoms with Crippen molar-refractivity contribution in [2.75, 3.05) is 46.5 Å². The van der Waals surface area contributed by atoms with Gasteiger partial charge in [0.1, 0.15) is 5.75 Å². The van der Waals surface area contributed by atoms with Crippen molar-refractivity contribution in [2.24, 2.45) is 10.9 Å². The third kappa shape index (κ3) is 5.46. The number of benzene rings is 1. The van der Waals surface area contributed by atoms with Crippen LogP contribution in [0.5, 0.6) is 5.75 Å². The van der Waals surface area contributed by atoms with E-state index in [1.165, 1.54) is 5.56 Å². The van der Waals surface area contributed by atoms with Crippen LogP contribution in [-0.4, -0.2) is 69.4 Å². The van der Waals surface area contributed by atoms with Gasteiger partial charge in [-0.2, -0.15) is 0 Å². The number of rotatable bonds is 7. The second kappa shape index (κ2) is 10.5. The lowest BCUT2D eigenvalue weighted by Crippen LogP contribution is -2.51. The largest absolute Gasteiger partial charge is 0.494 e. The molecule has 2 aliphatic rings. The molecule has 6 heteroatoms. The third-order valence-corrected chi connectivity index (χ3v) is 6.74. The zero-order valence-corrected chi connectivity index (χ0v) is 19.4. The van der Waals surface area contributed by atoms with Crippen molar-refractivity contribution in [3.63, 3.8) is 0 Å². The van der Waals surface area contributed by atoms with Crippen LogP contribution in [0.3, 0.4) is 0 Å². The number of nitrogens with one attached hydrogen (secondary N) is 2. The third-order valence-electron chi connectivity index (χ3n) is 6.74. The number of hydrogen-bond donors (Lipinski definition) is 2. The topological polar surface area (TPSA) is 58.1 Å². The summed E-state index contributed by atoms with van der Waals surface area (Å²) in [6.45, 7) is 14.2. The zero-order valence-electron chi connectivity index (χ0n) is 19.4. The van der Waals surface area contributed by atoms with Crippen molar-refractivity contribution in [2.45, 2.75) is 58.0 Å². The molecule has 2 fully saturated rings. The van der Waals surface area contributed by atoms with E-state index in [9.17, 15) is 0 Å². The van der Waals surface area contributed by atoms with E-state index in [0.29, 0.717) is 24.6 Å². The molecular weight excluding hydrogens is 376 g/mol. The Balaban J connectivity index is 1.66. The van der Waals surface area contributed by atoms with Gasteiger partial charge < -0.3 is 20.1 Å². The Morgan fingerprint density at radius 2 is 1.93 bits per heavy atom. The molecule has 2 aliphatic heterocycles. The molecule has 6 nitrogen and oxygen atoms in total. The number of nitrogens with zero attached hydrogens (tertiary/aromatic N) is 2.